The van der Waals surface area contributed by atoms with E-state index in [1.807, 2.05) is 30.3 Å². The summed E-state index contributed by atoms with van der Waals surface area (Å²) in [6.45, 7) is 2.32. The van der Waals surface area contributed by atoms with Crippen LogP contribution in [0.5, 0.6) is 0 Å². The molecule has 0 radical (unpaired) electrons. The maximum atomic E-state index is 13.5. The Labute approximate surface area is 195 Å². The average Bonchev–Trinajstić information content (AvgIpc) is 3.30. The second-order valence-electron chi connectivity index (χ2n) is 7.64. The lowest BCUT2D eigenvalue weighted by Crippen LogP contribution is -2.49. The van der Waals surface area contributed by atoms with Crippen LogP contribution >= 0.6 is 11.6 Å². The van der Waals surface area contributed by atoms with Crippen LogP contribution in [0.2, 0.25) is 5.02 Å². The molecule has 166 valence electrons. The lowest BCUT2D eigenvalue weighted by Gasteiger charge is -2.35. The van der Waals surface area contributed by atoms with E-state index in [1.54, 1.807) is 40.2 Å². The number of rotatable bonds is 4. The predicted octanol–water partition coefficient (Wildman–Crippen LogP) is 4.08. The Morgan fingerprint density at radius 1 is 0.909 bits per heavy atom. The number of para-hydroxylation sites is 1. The van der Waals surface area contributed by atoms with Crippen molar-refractivity contribution in [3.05, 3.63) is 89.6 Å². The second kappa shape index (κ2) is 8.99. The lowest BCUT2D eigenvalue weighted by atomic mass is 10.1. The number of hydrogen-bond acceptors (Lipinski definition) is 5. The molecule has 1 fully saturated rings. The second-order valence-corrected chi connectivity index (χ2v) is 8.05. The highest BCUT2D eigenvalue weighted by Gasteiger charge is 2.29. The normalized spacial score (nSPS) is 13.9. The van der Waals surface area contributed by atoms with E-state index in [2.05, 4.69) is 20.2 Å². The van der Waals surface area contributed by atoms with Crippen molar-refractivity contribution in [2.45, 2.75) is 0 Å². The Kier molecular flexibility index (Phi) is 5.75. The van der Waals surface area contributed by atoms with Gasteiger partial charge in [-0.1, -0.05) is 28.9 Å². The number of benzene rings is 2. The van der Waals surface area contributed by atoms with Gasteiger partial charge >= 0.3 is 0 Å². The van der Waals surface area contributed by atoms with E-state index >= 15 is 0 Å². The highest BCUT2D eigenvalue weighted by molar-refractivity contribution is 6.32. The summed E-state index contributed by atoms with van der Waals surface area (Å²) in [5, 5.41) is 9.04. The summed E-state index contributed by atoms with van der Waals surface area (Å²) in [5.74, 6) is -0.461. The molecule has 7 nitrogen and oxygen atoms in total. The number of nitrogens with zero attached hydrogens (tertiary/aromatic N) is 6. The van der Waals surface area contributed by atoms with Gasteiger partial charge in [0.2, 0.25) is 0 Å². The van der Waals surface area contributed by atoms with E-state index in [4.69, 9.17) is 11.6 Å². The molecular formula is C24H20ClFN6O. The van der Waals surface area contributed by atoms with Crippen molar-refractivity contribution in [2.75, 3.05) is 31.1 Å². The molecule has 0 bridgehead atoms. The van der Waals surface area contributed by atoms with E-state index < -0.39 is 0 Å². The summed E-state index contributed by atoms with van der Waals surface area (Å²) in [7, 11) is 0. The van der Waals surface area contributed by atoms with Crippen molar-refractivity contribution in [3.63, 3.8) is 0 Å². The van der Waals surface area contributed by atoms with E-state index in [1.165, 1.54) is 12.1 Å². The Bertz CT molecular complexity index is 1270. The van der Waals surface area contributed by atoms with Crippen LogP contribution < -0.4 is 4.90 Å². The quantitative estimate of drug-likeness (QED) is 0.457. The molecule has 1 aliphatic heterocycles. The highest BCUT2D eigenvalue weighted by atomic mass is 35.5. The molecule has 5 rings (SSSR count). The summed E-state index contributed by atoms with van der Waals surface area (Å²) >= 11 is 6.41. The van der Waals surface area contributed by atoms with Gasteiger partial charge in [0, 0.05) is 49.8 Å². The van der Waals surface area contributed by atoms with Crippen LogP contribution in [0.25, 0.3) is 16.9 Å². The number of amides is 1. The molecule has 1 saturated heterocycles. The van der Waals surface area contributed by atoms with Crippen LogP contribution in [-0.4, -0.2) is 57.0 Å². The van der Waals surface area contributed by atoms with E-state index in [-0.39, 0.29) is 17.4 Å². The Morgan fingerprint density at radius 3 is 2.30 bits per heavy atom. The molecule has 3 heterocycles. The molecule has 4 aromatic rings. The van der Waals surface area contributed by atoms with Gasteiger partial charge < -0.3 is 9.80 Å². The third-order valence-electron chi connectivity index (χ3n) is 5.67. The van der Waals surface area contributed by atoms with Crippen LogP contribution in [0.15, 0.2) is 73.1 Å². The van der Waals surface area contributed by atoms with Gasteiger partial charge in [0.05, 0.1) is 10.7 Å². The molecule has 0 unspecified atom stereocenters. The molecule has 2 aromatic heterocycles. The maximum absolute atomic E-state index is 13.5. The van der Waals surface area contributed by atoms with Crippen molar-refractivity contribution >= 4 is 23.2 Å². The first-order chi connectivity index (χ1) is 16.1. The molecular weight excluding hydrogens is 443 g/mol. The van der Waals surface area contributed by atoms with Crippen LogP contribution in [0.4, 0.5) is 10.1 Å². The third kappa shape index (κ3) is 4.17. The van der Waals surface area contributed by atoms with Gasteiger partial charge in [0.25, 0.3) is 5.91 Å². The number of carbonyl (C=O) groups excluding carboxylic acids is 1. The summed E-state index contributed by atoms with van der Waals surface area (Å²) in [5.41, 5.74) is 3.17. The minimum atomic E-state index is -0.266. The number of halogens is 2. The van der Waals surface area contributed by atoms with Crippen molar-refractivity contribution in [1.29, 1.82) is 0 Å². The molecule has 33 heavy (non-hydrogen) atoms. The van der Waals surface area contributed by atoms with Crippen molar-refractivity contribution in [3.8, 4) is 16.9 Å². The molecule has 9 heteroatoms. The fourth-order valence-electron chi connectivity index (χ4n) is 3.96. The molecule has 2 aromatic carbocycles. The SMILES string of the molecule is O=C(c1nnn(-c2ccccc2Cl)c1-c1ccncc1)N1CCN(c2ccc(F)cc2)CC1. The molecule has 1 aliphatic rings. The number of carbonyl (C=O) groups is 1. The number of pyridine rings is 1. The van der Waals surface area contributed by atoms with Crippen LogP contribution in [0.1, 0.15) is 10.5 Å². The lowest BCUT2D eigenvalue weighted by molar-refractivity contribution is 0.0741. The van der Waals surface area contributed by atoms with Gasteiger partial charge in [0.15, 0.2) is 5.69 Å². The summed E-state index contributed by atoms with van der Waals surface area (Å²) in [4.78, 5) is 21.5. The molecule has 0 aliphatic carbocycles. The number of piperazine rings is 1. The number of anilines is 1. The largest absolute Gasteiger partial charge is 0.368 e. The third-order valence-corrected chi connectivity index (χ3v) is 5.99. The van der Waals surface area contributed by atoms with Crippen LogP contribution in [0, 0.1) is 5.82 Å². The first kappa shape index (κ1) is 21.1. The van der Waals surface area contributed by atoms with Gasteiger partial charge in [-0.2, -0.15) is 0 Å². The van der Waals surface area contributed by atoms with Gasteiger partial charge in [-0.25, -0.2) is 9.07 Å². The molecule has 0 N–H and O–H groups in total. The van der Waals surface area contributed by atoms with Crippen molar-refractivity contribution in [1.82, 2.24) is 24.9 Å². The van der Waals surface area contributed by atoms with Crippen LogP contribution in [0.3, 0.4) is 0 Å². The number of aromatic nitrogens is 4. The Morgan fingerprint density at radius 2 is 1.61 bits per heavy atom. The van der Waals surface area contributed by atoms with Crippen LogP contribution in [-0.2, 0) is 0 Å². The Balaban J connectivity index is 1.44. The van der Waals surface area contributed by atoms with Gasteiger partial charge in [0.1, 0.15) is 11.5 Å². The van der Waals surface area contributed by atoms with Gasteiger partial charge in [-0.05, 0) is 48.5 Å². The smallest absolute Gasteiger partial charge is 0.276 e. The van der Waals surface area contributed by atoms with E-state index in [0.29, 0.717) is 42.6 Å². The van der Waals surface area contributed by atoms with Gasteiger partial charge in [-0.15, -0.1) is 5.10 Å². The zero-order valence-electron chi connectivity index (χ0n) is 17.6. The van der Waals surface area contributed by atoms with E-state index in [0.717, 1.165) is 11.3 Å². The van der Waals surface area contributed by atoms with Crippen molar-refractivity contribution in [2.24, 2.45) is 0 Å². The van der Waals surface area contributed by atoms with E-state index in [9.17, 15) is 9.18 Å². The monoisotopic (exact) mass is 462 g/mol. The summed E-state index contributed by atoms with van der Waals surface area (Å²) < 4.78 is 14.8. The first-order valence-electron chi connectivity index (χ1n) is 10.5. The fraction of sp³-hybridized carbons (Fsp3) is 0.167. The standard InChI is InChI=1S/C24H20ClFN6O/c25-20-3-1-2-4-21(20)32-23(17-9-11-27-12-10-17)22(28-29-32)24(33)31-15-13-30(14-16-31)19-7-5-18(26)6-8-19/h1-12H,13-16H2. The zero-order valence-corrected chi connectivity index (χ0v) is 18.4. The highest BCUT2D eigenvalue weighted by Crippen LogP contribution is 2.29. The molecule has 0 saturated carbocycles. The molecule has 0 atom stereocenters. The van der Waals surface area contributed by atoms with Gasteiger partial charge in [-0.3, -0.25) is 9.78 Å². The topological polar surface area (TPSA) is 67.2 Å². The number of hydrogen-bond donors (Lipinski definition) is 0. The zero-order chi connectivity index (χ0) is 22.8. The minimum absolute atomic E-state index is 0.195. The molecule has 0 spiro atoms. The minimum Gasteiger partial charge on any atom is -0.368 e. The first-order valence-corrected chi connectivity index (χ1v) is 10.9. The predicted molar refractivity (Wildman–Crippen MR) is 124 cm³/mol. The average molecular weight is 463 g/mol. The van der Waals surface area contributed by atoms with Crippen molar-refractivity contribution < 1.29 is 9.18 Å². The molecule has 1 amide bonds. The maximum Gasteiger partial charge on any atom is 0.276 e. The Hall–Kier alpha value is -3.78. The fourth-order valence-corrected chi connectivity index (χ4v) is 4.17. The summed E-state index contributed by atoms with van der Waals surface area (Å²) in [6, 6.07) is 17.3. The summed E-state index contributed by atoms with van der Waals surface area (Å²) in [6.07, 6.45) is 3.32.